The van der Waals surface area contributed by atoms with Crippen LogP contribution in [0.1, 0.15) is 16.8 Å². The third-order valence-corrected chi connectivity index (χ3v) is 2.84. The van der Waals surface area contributed by atoms with E-state index in [0.717, 1.165) is 27.1 Å². The fourth-order valence-electron chi connectivity index (χ4n) is 1.70. The molecule has 0 bridgehead atoms. The van der Waals surface area contributed by atoms with Crippen LogP contribution in [0, 0.1) is 13.8 Å². The number of nitrogens with two attached hydrogens (primary N) is 1. The third kappa shape index (κ3) is 2.01. The average molecular weight is 281 g/mol. The third-order valence-electron chi connectivity index (χ3n) is 2.43. The molecule has 84 valence electrons. The number of hydrogen-bond acceptors (Lipinski definition) is 3. The van der Waals surface area contributed by atoms with Crippen LogP contribution in [-0.4, -0.2) is 14.8 Å². The highest BCUT2D eigenvalue weighted by molar-refractivity contribution is 9.10. The van der Waals surface area contributed by atoms with Gasteiger partial charge in [-0.05, 0) is 41.4 Å². The first-order valence-electron chi connectivity index (χ1n) is 4.99. The van der Waals surface area contributed by atoms with Crippen molar-refractivity contribution in [2.45, 2.75) is 20.4 Å². The zero-order valence-electron chi connectivity index (χ0n) is 9.24. The number of halogens is 1. The fourth-order valence-corrected chi connectivity index (χ4v) is 1.99. The number of pyridine rings is 1. The van der Waals surface area contributed by atoms with Gasteiger partial charge in [-0.3, -0.25) is 0 Å². The summed E-state index contributed by atoms with van der Waals surface area (Å²) < 4.78 is 2.67. The number of aryl methyl sites for hydroxylation is 2. The van der Waals surface area contributed by atoms with Gasteiger partial charge in [-0.15, -0.1) is 0 Å². The van der Waals surface area contributed by atoms with Gasteiger partial charge in [0.2, 0.25) is 0 Å². The van der Waals surface area contributed by atoms with Crippen LogP contribution in [0.2, 0.25) is 0 Å². The van der Waals surface area contributed by atoms with E-state index in [9.17, 15) is 0 Å². The van der Waals surface area contributed by atoms with Crippen molar-refractivity contribution in [2.75, 3.05) is 0 Å². The van der Waals surface area contributed by atoms with Crippen molar-refractivity contribution in [1.82, 2.24) is 14.8 Å². The van der Waals surface area contributed by atoms with Gasteiger partial charge in [0.15, 0.2) is 5.82 Å². The van der Waals surface area contributed by atoms with Gasteiger partial charge in [0.05, 0.1) is 10.7 Å². The molecule has 2 aromatic rings. The lowest BCUT2D eigenvalue weighted by atomic mass is 10.1. The molecule has 2 aromatic heterocycles. The molecule has 0 unspecified atom stereocenters. The maximum atomic E-state index is 5.75. The topological polar surface area (TPSA) is 56.7 Å². The molecule has 0 saturated carbocycles. The normalized spacial score (nSPS) is 10.8. The summed E-state index contributed by atoms with van der Waals surface area (Å²) in [6.07, 6.45) is 3.61. The molecule has 0 aliphatic carbocycles. The van der Waals surface area contributed by atoms with Crippen molar-refractivity contribution in [3.63, 3.8) is 0 Å². The van der Waals surface area contributed by atoms with Crippen LogP contribution in [0.25, 0.3) is 5.82 Å². The quantitative estimate of drug-likeness (QED) is 0.917. The van der Waals surface area contributed by atoms with Crippen LogP contribution in [0.3, 0.4) is 0 Å². The van der Waals surface area contributed by atoms with E-state index in [-0.39, 0.29) is 0 Å². The molecule has 0 aliphatic heterocycles. The van der Waals surface area contributed by atoms with E-state index in [1.807, 2.05) is 26.1 Å². The molecular formula is C11H13BrN4. The van der Waals surface area contributed by atoms with E-state index >= 15 is 0 Å². The lowest BCUT2D eigenvalue weighted by molar-refractivity contribution is 0.813. The van der Waals surface area contributed by atoms with E-state index < -0.39 is 0 Å². The molecule has 0 aliphatic rings. The Morgan fingerprint density at radius 3 is 2.75 bits per heavy atom. The standard InChI is InChI=1S/C11H13BrN4/c1-7-3-8(2)15-11(10(7)4-13)16-6-9(12)5-14-16/h3,5-6H,4,13H2,1-2H3. The summed E-state index contributed by atoms with van der Waals surface area (Å²) in [4.78, 5) is 4.49. The first-order chi connectivity index (χ1) is 7.61. The first kappa shape index (κ1) is 11.3. The highest BCUT2D eigenvalue weighted by Crippen LogP contribution is 2.18. The SMILES string of the molecule is Cc1cc(C)c(CN)c(-n2cc(Br)cn2)n1. The highest BCUT2D eigenvalue weighted by Gasteiger charge is 2.10. The highest BCUT2D eigenvalue weighted by atomic mass is 79.9. The molecule has 0 spiro atoms. The lowest BCUT2D eigenvalue weighted by Crippen LogP contribution is -2.10. The Hall–Kier alpha value is -1.20. The van der Waals surface area contributed by atoms with Gasteiger partial charge in [-0.1, -0.05) is 0 Å². The minimum absolute atomic E-state index is 0.464. The predicted molar refractivity (Wildman–Crippen MR) is 66.4 cm³/mol. The van der Waals surface area contributed by atoms with Gasteiger partial charge in [-0.25, -0.2) is 9.67 Å². The smallest absolute Gasteiger partial charge is 0.158 e. The summed E-state index contributed by atoms with van der Waals surface area (Å²) in [6.45, 7) is 4.47. The summed E-state index contributed by atoms with van der Waals surface area (Å²) >= 11 is 3.37. The van der Waals surface area contributed by atoms with Gasteiger partial charge >= 0.3 is 0 Å². The molecule has 2 N–H and O–H groups in total. The summed E-state index contributed by atoms with van der Waals surface area (Å²) in [7, 11) is 0. The molecule has 5 heteroatoms. The number of aromatic nitrogens is 3. The zero-order chi connectivity index (χ0) is 11.7. The van der Waals surface area contributed by atoms with Gasteiger partial charge in [-0.2, -0.15) is 5.10 Å². The largest absolute Gasteiger partial charge is 0.326 e. The van der Waals surface area contributed by atoms with Crippen molar-refractivity contribution < 1.29 is 0 Å². The summed E-state index contributed by atoms with van der Waals surface area (Å²) in [5, 5.41) is 4.23. The molecule has 0 saturated heterocycles. The first-order valence-corrected chi connectivity index (χ1v) is 5.79. The monoisotopic (exact) mass is 280 g/mol. The Morgan fingerprint density at radius 2 is 2.19 bits per heavy atom. The zero-order valence-corrected chi connectivity index (χ0v) is 10.8. The summed E-state index contributed by atoms with van der Waals surface area (Å²) in [5.74, 6) is 0.811. The fraction of sp³-hybridized carbons (Fsp3) is 0.273. The molecule has 0 atom stereocenters. The Kier molecular flexibility index (Phi) is 3.07. The van der Waals surface area contributed by atoms with Crippen molar-refractivity contribution in [2.24, 2.45) is 5.73 Å². The Bertz CT molecular complexity index is 519. The van der Waals surface area contributed by atoms with Gasteiger partial charge in [0.1, 0.15) is 0 Å². The molecule has 2 rings (SSSR count). The second-order valence-electron chi connectivity index (χ2n) is 3.69. The molecule has 4 nitrogen and oxygen atoms in total. The Morgan fingerprint density at radius 1 is 1.44 bits per heavy atom. The minimum atomic E-state index is 0.464. The van der Waals surface area contributed by atoms with Gasteiger partial charge < -0.3 is 5.73 Å². The molecular weight excluding hydrogens is 268 g/mol. The second-order valence-corrected chi connectivity index (χ2v) is 4.61. The van der Waals surface area contributed by atoms with Crippen LogP contribution in [0.5, 0.6) is 0 Å². The molecule has 0 fully saturated rings. The van der Waals surface area contributed by atoms with Crippen LogP contribution in [0.15, 0.2) is 22.9 Å². The Labute approximate surface area is 103 Å². The van der Waals surface area contributed by atoms with Gasteiger partial charge in [0.25, 0.3) is 0 Å². The lowest BCUT2D eigenvalue weighted by Gasteiger charge is -2.11. The van der Waals surface area contributed by atoms with E-state index in [1.54, 1.807) is 10.9 Å². The maximum Gasteiger partial charge on any atom is 0.158 e. The van der Waals surface area contributed by atoms with Gasteiger partial charge in [0, 0.05) is 24.0 Å². The molecule has 0 aromatic carbocycles. The van der Waals surface area contributed by atoms with E-state index in [0.29, 0.717) is 6.54 Å². The molecule has 0 amide bonds. The molecule has 2 heterocycles. The molecule has 16 heavy (non-hydrogen) atoms. The van der Waals surface area contributed by atoms with E-state index in [4.69, 9.17) is 5.73 Å². The summed E-state index contributed by atoms with van der Waals surface area (Å²) in [6, 6.07) is 2.03. The average Bonchev–Trinajstić information content (AvgIpc) is 2.63. The van der Waals surface area contributed by atoms with Crippen molar-refractivity contribution in [3.05, 3.63) is 39.8 Å². The number of hydrogen-bond donors (Lipinski definition) is 1. The number of nitrogens with zero attached hydrogens (tertiary/aromatic N) is 3. The van der Waals surface area contributed by atoms with Crippen LogP contribution in [-0.2, 0) is 6.54 Å². The number of rotatable bonds is 2. The minimum Gasteiger partial charge on any atom is -0.326 e. The van der Waals surface area contributed by atoms with Crippen LogP contribution < -0.4 is 5.73 Å². The van der Waals surface area contributed by atoms with E-state index in [2.05, 4.69) is 26.0 Å². The van der Waals surface area contributed by atoms with Crippen molar-refractivity contribution >= 4 is 15.9 Å². The maximum absolute atomic E-state index is 5.75. The summed E-state index contributed by atoms with van der Waals surface area (Å²) in [5.41, 5.74) is 8.90. The Balaban J connectivity index is 2.63. The van der Waals surface area contributed by atoms with Crippen molar-refractivity contribution in [1.29, 1.82) is 0 Å². The van der Waals surface area contributed by atoms with Crippen LogP contribution in [0.4, 0.5) is 0 Å². The van der Waals surface area contributed by atoms with Crippen LogP contribution >= 0.6 is 15.9 Å². The van der Waals surface area contributed by atoms with Crippen molar-refractivity contribution in [3.8, 4) is 5.82 Å². The predicted octanol–water partition coefficient (Wildman–Crippen LogP) is 2.11. The second kappa shape index (κ2) is 4.35. The van der Waals surface area contributed by atoms with E-state index in [1.165, 1.54) is 0 Å². The molecule has 0 radical (unpaired) electrons.